The van der Waals surface area contributed by atoms with Gasteiger partial charge in [0.05, 0.1) is 0 Å². The minimum atomic E-state index is -1.22. The normalized spacial score (nSPS) is 11.3. The fourth-order valence-electron chi connectivity index (χ4n) is 2.73. The number of halogens is 1. The van der Waals surface area contributed by atoms with Crippen LogP contribution in [-0.4, -0.2) is 20.0 Å². The minimum absolute atomic E-state index is 0.144. The third kappa shape index (κ3) is 2.75. The Balaban J connectivity index is 2.29. The van der Waals surface area contributed by atoms with Crippen molar-refractivity contribution in [3.63, 3.8) is 0 Å². The Morgan fingerprint density at radius 1 is 0.524 bits per heavy atom. The van der Waals surface area contributed by atoms with Crippen molar-refractivity contribution in [2.24, 2.45) is 0 Å². The van der Waals surface area contributed by atoms with Crippen molar-refractivity contribution in [2.75, 3.05) is 0 Å². The van der Waals surface area contributed by atoms with Crippen LogP contribution in [0.25, 0.3) is 0 Å². The Kier molecular flexibility index (Phi) is 4.66. The van der Waals surface area contributed by atoms with E-state index in [1.165, 1.54) is 16.7 Å². The molecule has 2 radical (unpaired) electrons. The van der Waals surface area contributed by atoms with Crippen molar-refractivity contribution < 1.29 is 0 Å². The van der Waals surface area contributed by atoms with Crippen LogP contribution in [0.1, 0.15) is 16.7 Å². The Labute approximate surface area is 139 Å². The Hall–Kier alpha value is -1.25. The Morgan fingerprint density at radius 2 is 0.810 bits per heavy atom. The van der Waals surface area contributed by atoms with Crippen LogP contribution in [0.2, 0.25) is 0 Å². The zero-order valence-electron chi connectivity index (χ0n) is 11.5. The summed E-state index contributed by atoms with van der Waals surface area (Å²) >= 11 is -1.22. The first-order chi connectivity index (χ1) is 10.4. The number of hydrogen-bond donors (Lipinski definition) is 0. The molecule has 3 aromatic rings. The van der Waals surface area contributed by atoms with E-state index < -0.39 is 20.0 Å². The first-order valence-corrected chi connectivity index (χ1v) is 12.0. The van der Waals surface area contributed by atoms with Gasteiger partial charge in [-0.3, -0.25) is 0 Å². The maximum atomic E-state index is 6.70. The van der Waals surface area contributed by atoms with Gasteiger partial charge in [0.2, 0.25) is 0 Å². The molecule has 0 nitrogen and oxygen atoms in total. The van der Waals surface area contributed by atoms with E-state index in [1.807, 2.05) is 0 Å². The van der Waals surface area contributed by atoms with Gasteiger partial charge in [-0.1, -0.05) is 0 Å². The molecule has 0 aromatic heterocycles. The number of rotatable bonds is 4. The van der Waals surface area contributed by atoms with Crippen LogP contribution >= 0.6 is 8.92 Å². The van der Waals surface area contributed by atoms with Gasteiger partial charge in [-0.05, 0) is 0 Å². The average molecular weight is 397 g/mol. The van der Waals surface area contributed by atoms with Gasteiger partial charge in [-0.25, -0.2) is 0 Å². The van der Waals surface area contributed by atoms with E-state index >= 15 is 0 Å². The molecule has 0 atom stereocenters. The molecule has 3 aromatic carbocycles. The van der Waals surface area contributed by atoms with Gasteiger partial charge in [0.1, 0.15) is 0 Å². The Morgan fingerprint density at radius 3 is 1.05 bits per heavy atom. The fraction of sp³-hybridized carbons (Fsp3) is 0.0526. The summed E-state index contributed by atoms with van der Waals surface area (Å²) in [7, 11) is 6.70. The summed E-state index contributed by atoms with van der Waals surface area (Å²) in [6.45, 7) is 0. The van der Waals surface area contributed by atoms with Crippen molar-refractivity contribution in [1.29, 1.82) is 0 Å². The molecule has 0 bridgehead atoms. The molecule has 0 spiro atoms. The SMILES string of the molecule is [Cl][Sn][C](c1ccccc1)(c1ccccc1)c1ccccc1. The van der Waals surface area contributed by atoms with E-state index in [0.717, 1.165) is 0 Å². The standard InChI is InChI=1S/C19H15.ClH.Sn/c1-4-10-16(11-5-1)19(17-12-6-2-7-13-17)18-14-8-3-9-15-18;;/h1-15H;1H;/q;;+1/p-1. The van der Waals surface area contributed by atoms with Crippen LogP contribution < -0.4 is 0 Å². The predicted octanol–water partition coefficient (Wildman–Crippen LogP) is 4.84. The van der Waals surface area contributed by atoms with E-state index in [1.54, 1.807) is 0 Å². The maximum absolute atomic E-state index is 6.70. The molecule has 0 heterocycles. The molecule has 0 aliphatic rings. The van der Waals surface area contributed by atoms with Crippen LogP contribution in [0, 0.1) is 0 Å². The predicted molar refractivity (Wildman–Crippen MR) is 90.8 cm³/mol. The van der Waals surface area contributed by atoms with Crippen LogP contribution in [0.4, 0.5) is 0 Å². The van der Waals surface area contributed by atoms with Gasteiger partial charge in [0, 0.05) is 0 Å². The van der Waals surface area contributed by atoms with Gasteiger partial charge in [-0.2, -0.15) is 0 Å². The monoisotopic (exact) mass is 398 g/mol. The summed E-state index contributed by atoms with van der Waals surface area (Å²) in [5.74, 6) is 0. The fourth-order valence-corrected chi connectivity index (χ4v) is 7.29. The van der Waals surface area contributed by atoms with Crippen molar-refractivity contribution >= 4 is 28.9 Å². The van der Waals surface area contributed by atoms with Gasteiger partial charge >= 0.3 is 140 Å². The van der Waals surface area contributed by atoms with E-state index in [0.29, 0.717) is 0 Å². The van der Waals surface area contributed by atoms with Crippen molar-refractivity contribution in [3.8, 4) is 0 Å². The molecule has 0 N–H and O–H groups in total. The Bertz CT molecular complexity index is 584. The first-order valence-electron chi connectivity index (χ1n) is 6.92. The van der Waals surface area contributed by atoms with E-state index in [4.69, 9.17) is 8.92 Å². The van der Waals surface area contributed by atoms with E-state index in [9.17, 15) is 0 Å². The van der Waals surface area contributed by atoms with Crippen molar-refractivity contribution in [1.82, 2.24) is 0 Å². The molecule has 0 amide bonds. The van der Waals surface area contributed by atoms with Crippen molar-refractivity contribution in [3.05, 3.63) is 108 Å². The van der Waals surface area contributed by atoms with E-state index in [-0.39, 0.29) is 3.43 Å². The summed E-state index contributed by atoms with van der Waals surface area (Å²) in [5, 5.41) is 0. The van der Waals surface area contributed by atoms with Crippen LogP contribution in [0.3, 0.4) is 0 Å². The molecule has 0 fully saturated rings. The molecule has 102 valence electrons. The molecule has 0 saturated heterocycles. The molecule has 3 rings (SSSR count). The molecule has 0 aliphatic carbocycles. The van der Waals surface area contributed by atoms with Gasteiger partial charge in [0.15, 0.2) is 0 Å². The second kappa shape index (κ2) is 6.67. The summed E-state index contributed by atoms with van der Waals surface area (Å²) < 4.78 is -0.144. The molecule has 0 unspecified atom stereocenters. The molecule has 0 saturated carbocycles. The summed E-state index contributed by atoms with van der Waals surface area (Å²) in [5.41, 5.74) is 3.89. The molecular weight excluding hydrogens is 382 g/mol. The second-order valence-electron chi connectivity index (χ2n) is 4.94. The third-order valence-electron chi connectivity index (χ3n) is 3.76. The topological polar surface area (TPSA) is 0 Å². The second-order valence-corrected chi connectivity index (χ2v) is 8.89. The van der Waals surface area contributed by atoms with Crippen LogP contribution in [-0.2, 0) is 3.43 Å². The quantitative estimate of drug-likeness (QED) is 0.437. The van der Waals surface area contributed by atoms with Crippen molar-refractivity contribution in [2.45, 2.75) is 3.43 Å². The first kappa shape index (κ1) is 14.7. The number of benzene rings is 3. The van der Waals surface area contributed by atoms with Gasteiger partial charge in [0.25, 0.3) is 0 Å². The molecule has 0 aliphatic heterocycles. The van der Waals surface area contributed by atoms with Gasteiger partial charge < -0.3 is 0 Å². The summed E-state index contributed by atoms with van der Waals surface area (Å²) in [6.07, 6.45) is 0. The average Bonchev–Trinajstić information content (AvgIpc) is 2.59. The number of hydrogen-bond acceptors (Lipinski definition) is 0. The van der Waals surface area contributed by atoms with Crippen LogP contribution in [0.15, 0.2) is 91.0 Å². The zero-order chi connectivity index (χ0) is 14.5. The molecule has 21 heavy (non-hydrogen) atoms. The summed E-state index contributed by atoms with van der Waals surface area (Å²) in [4.78, 5) is 0. The summed E-state index contributed by atoms with van der Waals surface area (Å²) in [6, 6.07) is 32.0. The third-order valence-corrected chi connectivity index (χ3v) is 8.94. The molecular formula is C19H15ClSn. The van der Waals surface area contributed by atoms with E-state index in [2.05, 4.69) is 91.0 Å². The van der Waals surface area contributed by atoms with Gasteiger partial charge in [-0.15, -0.1) is 0 Å². The van der Waals surface area contributed by atoms with Crippen LogP contribution in [0.5, 0.6) is 0 Å². The zero-order valence-corrected chi connectivity index (χ0v) is 15.1. The molecule has 2 heteroatoms.